The maximum Gasteiger partial charge on any atom is 0.263 e. The Labute approximate surface area is 169 Å². The van der Waals surface area contributed by atoms with E-state index in [1.165, 1.54) is 0 Å². The molecule has 1 amide bonds. The Morgan fingerprint density at radius 1 is 1.21 bits per heavy atom. The van der Waals surface area contributed by atoms with Crippen LogP contribution in [0.4, 0.5) is 0 Å². The van der Waals surface area contributed by atoms with Gasteiger partial charge in [-0.1, -0.05) is 23.7 Å². The van der Waals surface area contributed by atoms with Crippen molar-refractivity contribution in [3.63, 3.8) is 0 Å². The number of hydrogen-bond acceptors (Lipinski definition) is 5. The molecule has 1 fully saturated rings. The van der Waals surface area contributed by atoms with E-state index in [0.717, 1.165) is 11.5 Å². The monoisotopic (exact) mass is 405 g/mol. The first-order valence-corrected chi connectivity index (χ1v) is 9.53. The van der Waals surface area contributed by atoms with E-state index in [-0.39, 0.29) is 12.0 Å². The molecule has 28 heavy (non-hydrogen) atoms. The molecule has 1 aliphatic rings. The lowest BCUT2D eigenvalue weighted by Gasteiger charge is -2.34. The second-order valence-electron chi connectivity index (χ2n) is 6.45. The Kier molecular flexibility index (Phi) is 7.01. The summed E-state index contributed by atoms with van der Waals surface area (Å²) in [7, 11) is 1.62. The summed E-state index contributed by atoms with van der Waals surface area (Å²) in [5.41, 5.74) is 0. The minimum atomic E-state index is -0.638. The van der Waals surface area contributed by atoms with Gasteiger partial charge < -0.3 is 23.8 Å². The van der Waals surface area contributed by atoms with E-state index in [9.17, 15) is 4.79 Å². The van der Waals surface area contributed by atoms with E-state index in [4.69, 9.17) is 30.5 Å². The summed E-state index contributed by atoms with van der Waals surface area (Å²) in [5, 5.41) is 0.481. The normalized spacial score (nSPS) is 17.7. The van der Waals surface area contributed by atoms with Gasteiger partial charge in [-0.25, -0.2) is 0 Å². The first kappa shape index (κ1) is 20.3. The van der Waals surface area contributed by atoms with Crippen molar-refractivity contribution in [3.05, 3.63) is 53.6 Å². The van der Waals surface area contributed by atoms with Gasteiger partial charge in [-0.2, -0.15) is 0 Å². The highest BCUT2D eigenvalue weighted by molar-refractivity contribution is 6.32. The summed E-state index contributed by atoms with van der Waals surface area (Å²) in [6.07, 6.45) is -0.839. The number of morpholine rings is 1. The minimum Gasteiger partial charge on any atom is -0.497 e. The molecular formula is C21H24ClNO5. The number of para-hydroxylation sites is 1. The van der Waals surface area contributed by atoms with Crippen molar-refractivity contribution in [1.29, 1.82) is 0 Å². The SMILES string of the molecule is COc1ccc(OC[C@@H]2CN(C(=O)[C@@H](C)Oc3ccccc3Cl)CCO2)cc1. The van der Waals surface area contributed by atoms with Crippen molar-refractivity contribution in [3.8, 4) is 17.2 Å². The lowest BCUT2D eigenvalue weighted by molar-refractivity contribution is -0.146. The Morgan fingerprint density at radius 2 is 1.93 bits per heavy atom. The van der Waals surface area contributed by atoms with Crippen molar-refractivity contribution >= 4 is 17.5 Å². The van der Waals surface area contributed by atoms with Crippen LogP contribution in [0, 0.1) is 0 Å². The van der Waals surface area contributed by atoms with E-state index >= 15 is 0 Å². The van der Waals surface area contributed by atoms with Gasteiger partial charge in [0.05, 0.1) is 25.3 Å². The summed E-state index contributed by atoms with van der Waals surface area (Å²) in [6.45, 7) is 3.51. The van der Waals surface area contributed by atoms with Crippen LogP contribution in [0.5, 0.6) is 17.2 Å². The third-order valence-electron chi connectivity index (χ3n) is 4.43. The largest absolute Gasteiger partial charge is 0.497 e. The van der Waals surface area contributed by atoms with E-state index in [1.54, 1.807) is 31.1 Å². The molecule has 7 heteroatoms. The molecule has 0 aromatic heterocycles. The van der Waals surface area contributed by atoms with Crippen LogP contribution in [0.1, 0.15) is 6.92 Å². The molecule has 0 N–H and O–H groups in total. The van der Waals surface area contributed by atoms with Crippen LogP contribution in [0.3, 0.4) is 0 Å². The van der Waals surface area contributed by atoms with Gasteiger partial charge in [-0.3, -0.25) is 4.79 Å². The first-order valence-electron chi connectivity index (χ1n) is 9.15. The van der Waals surface area contributed by atoms with Gasteiger partial charge in [0.15, 0.2) is 6.10 Å². The first-order chi connectivity index (χ1) is 13.6. The zero-order valence-corrected chi connectivity index (χ0v) is 16.7. The van der Waals surface area contributed by atoms with Crippen molar-refractivity contribution in [2.24, 2.45) is 0 Å². The number of rotatable bonds is 7. The molecule has 0 bridgehead atoms. The Morgan fingerprint density at radius 3 is 2.64 bits per heavy atom. The highest BCUT2D eigenvalue weighted by Crippen LogP contribution is 2.25. The molecule has 2 aromatic rings. The van der Waals surface area contributed by atoms with Crippen LogP contribution in [0.25, 0.3) is 0 Å². The van der Waals surface area contributed by atoms with Gasteiger partial charge in [0, 0.05) is 6.54 Å². The Balaban J connectivity index is 1.51. The van der Waals surface area contributed by atoms with Crippen LogP contribution in [-0.4, -0.2) is 56.4 Å². The molecule has 2 aromatic carbocycles. The molecule has 6 nitrogen and oxygen atoms in total. The van der Waals surface area contributed by atoms with E-state index in [2.05, 4.69) is 0 Å². The molecule has 0 radical (unpaired) electrons. The number of ether oxygens (including phenoxy) is 4. The summed E-state index contributed by atoms with van der Waals surface area (Å²) < 4.78 is 22.4. The molecular weight excluding hydrogens is 382 g/mol. The van der Waals surface area contributed by atoms with E-state index in [1.807, 2.05) is 36.4 Å². The van der Waals surface area contributed by atoms with Gasteiger partial charge in [0.1, 0.15) is 30.0 Å². The smallest absolute Gasteiger partial charge is 0.263 e. The average molecular weight is 406 g/mol. The number of benzene rings is 2. The van der Waals surface area contributed by atoms with Gasteiger partial charge in [0.25, 0.3) is 5.91 Å². The summed E-state index contributed by atoms with van der Waals surface area (Å²) in [5.74, 6) is 1.89. The van der Waals surface area contributed by atoms with Crippen molar-refractivity contribution in [2.75, 3.05) is 33.4 Å². The predicted octanol–water partition coefficient (Wildman–Crippen LogP) is 3.42. The fourth-order valence-electron chi connectivity index (χ4n) is 2.92. The van der Waals surface area contributed by atoms with E-state index < -0.39 is 6.10 Å². The number of carbonyl (C=O) groups is 1. The van der Waals surface area contributed by atoms with Crippen molar-refractivity contribution in [1.82, 2.24) is 4.90 Å². The fraction of sp³-hybridized carbons (Fsp3) is 0.381. The van der Waals surface area contributed by atoms with Crippen molar-refractivity contribution in [2.45, 2.75) is 19.1 Å². The Bertz CT molecular complexity index is 783. The molecule has 150 valence electrons. The molecule has 0 aliphatic carbocycles. The zero-order chi connectivity index (χ0) is 19.9. The van der Waals surface area contributed by atoms with Gasteiger partial charge >= 0.3 is 0 Å². The summed E-state index contributed by atoms with van der Waals surface area (Å²) in [6, 6.07) is 14.5. The third-order valence-corrected chi connectivity index (χ3v) is 4.75. The molecule has 1 aliphatic heterocycles. The van der Waals surface area contributed by atoms with Crippen LogP contribution in [0.2, 0.25) is 5.02 Å². The molecule has 1 saturated heterocycles. The highest BCUT2D eigenvalue weighted by Gasteiger charge is 2.29. The van der Waals surface area contributed by atoms with Crippen LogP contribution >= 0.6 is 11.6 Å². The number of nitrogens with zero attached hydrogens (tertiary/aromatic N) is 1. The average Bonchev–Trinajstić information content (AvgIpc) is 2.74. The van der Waals surface area contributed by atoms with Crippen LogP contribution < -0.4 is 14.2 Å². The molecule has 3 rings (SSSR count). The van der Waals surface area contributed by atoms with Gasteiger partial charge in [0.2, 0.25) is 0 Å². The van der Waals surface area contributed by atoms with Crippen LogP contribution in [0.15, 0.2) is 48.5 Å². The molecule has 1 heterocycles. The maximum atomic E-state index is 12.8. The zero-order valence-electron chi connectivity index (χ0n) is 16.0. The summed E-state index contributed by atoms with van der Waals surface area (Å²) >= 11 is 6.11. The maximum absolute atomic E-state index is 12.8. The second-order valence-corrected chi connectivity index (χ2v) is 6.86. The Hall–Kier alpha value is -2.44. The van der Waals surface area contributed by atoms with Crippen molar-refractivity contribution < 1.29 is 23.7 Å². The molecule has 0 spiro atoms. The predicted molar refractivity (Wildman–Crippen MR) is 106 cm³/mol. The van der Waals surface area contributed by atoms with Gasteiger partial charge in [-0.15, -0.1) is 0 Å². The topological polar surface area (TPSA) is 57.2 Å². The van der Waals surface area contributed by atoms with E-state index in [0.29, 0.717) is 37.1 Å². The highest BCUT2D eigenvalue weighted by atomic mass is 35.5. The fourth-order valence-corrected chi connectivity index (χ4v) is 3.10. The minimum absolute atomic E-state index is 0.0994. The van der Waals surface area contributed by atoms with Crippen LogP contribution in [-0.2, 0) is 9.53 Å². The quantitative estimate of drug-likeness (QED) is 0.706. The molecule has 0 unspecified atom stereocenters. The lowest BCUT2D eigenvalue weighted by atomic mass is 10.2. The number of carbonyl (C=O) groups excluding carboxylic acids is 1. The lowest BCUT2D eigenvalue weighted by Crippen LogP contribution is -2.51. The number of hydrogen-bond donors (Lipinski definition) is 0. The summed E-state index contributed by atoms with van der Waals surface area (Å²) in [4.78, 5) is 14.5. The standard InChI is InChI=1S/C21H24ClNO5/c1-15(28-20-6-4-3-5-19(20)22)21(24)23-11-12-26-18(13-23)14-27-17-9-7-16(25-2)8-10-17/h3-10,15,18H,11-14H2,1-2H3/t15-,18+/m1/s1. The van der Waals surface area contributed by atoms with Gasteiger partial charge in [-0.05, 0) is 43.3 Å². The number of amides is 1. The third kappa shape index (κ3) is 5.30. The number of methoxy groups -OCH3 is 1. The molecule has 0 saturated carbocycles. The number of halogens is 1. The molecule has 2 atom stereocenters. The second kappa shape index (κ2) is 9.66.